The van der Waals surface area contributed by atoms with Gasteiger partial charge in [-0.1, -0.05) is 0 Å². The van der Waals surface area contributed by atoms with Crippen molar-refractivity contribution in [3.05, 3.63) is 0 Å². The summed E-state index contributed by atoms with van der Waals surface area (Å²) in [5.74, 6) is 3.95. The van der Waals surface area contributed by atoms with E-state index >= 15 is 0 Å². The molecule has 1 saturated heterocycles. The summed E-state index contributed by atoms with van der Waals surface area (Å²) in [6.07, 6.45) is 6.78. The quantitative estimate of drug-likeness (QED) is 0.662. The molecule has 1 aliphatic heterocycles. The van der Waals surface area contributed by atoms with Gasteiger partial charge in [0, 0.05) is 13.1 Å². The minimum absolute atomic E-state index is 0.130. The fourth-order valence-electron chi connectivity index (χ4n) is 5.71. The summed E-state index contributed by atoms with van der Waals surface area (Å²) in [6, 6.07) is 0. The molecule has 0 N–H and O–H groups in total. The third-order valence-electron chi connectivity index (χ3n) is 6.04. The number of carbonyl (C=O) groups excluding carboxylic acids is 1. The van der Waals surface area contributed by atoms with Crippen LogP contribution in [-0.2, 0) is 4.79 Å². The lowest BCUT2D eigenvalue weighted by Crippen LogP contribution is -2.53. The molecule has 0 aromatic heterocycles. The van der Waals surface area contributed by atoms with Crippen LogP contribution in [0.3, 0.4) is 0 Å². The fraction of sp³-hybridized carbons (Fsp3) is 0.929. The van der Waals surface area contributed by atoms with Gasteiger partial charge in [-0.2, -0.15) is 0 Å². The van der Waals surface area contributed by atoms with Gasteiger partial charge in [-0.05, 0) is 62.7 Å². The summed E-state index contributed by atoms with van der Waals surface area (Å²) in [5, 5.41) is 0. The molecule has 1 heterocycles. The maximum Gasteiger partial charge on any atom is 0.229 e. The summed E-state index contributed by atoms with van der Waals surface area (Å²) >= 11 is 0. The van der Waals surface area contributed by atoms with Gasteiger partial charge in [-0.15, -0.1) is 0 Å². The number of nitrogens with zero attached hydrogens (tertiary/aromatic N) is 1. The smallest absolute Gasteiger partial charge is 0.229 e. The number of amides is 1. The second kappa shape index (κ2) is 2.83. The predicted octanol–water partition coefficient (Wildman–Crippen LogP) is 2.29. The predicted molar refractivity (Wildman–Crippen MR) is 61.7 cm³/mol. The average molecular weight is 219 g/mol. The topological polar surface area (TPSA) is 20.3 Å². The van der Waals surface area contributed by atoms with Crippen LogP contribution < -0.4 is 0 Å². The van der Waals surface area contributed by atoms with E-state index in [-0.39, 0.29) is 5.41 Å². The summed E-state index contributed by atoms with van der Waals surface area (Å²) in [5.41, 5.74) is 0.130. The van der Waals surface area contributed by atoms with Crippen molar-refractivity contribution in [2.75, 3.05) is 13.1 Å². The van der Waals surface area contributed by atoms with Gasteiger partial charge in [0.15, 0.2) is 0 Å². The van der Waals surface area contributed by atoms with Crippen molar-refractivity contribution >= 4 is 5.91 Å². The normalized spacial score (nSPS) is 53.6. The van der Waals surface area contributed by atoms with Crippen LogP contribution in [-0.4, -0.2) is 23.9 Å². The summed E-state index contributed by atoms with van der Waals surface area (Å²) in [7, 11) is 0. The summed E-state index contributed by atoms with van der Waals surface area (Å²) < 4.78 is 0. The molecular weight excluding hydrogens is 198 g/mol. The third-order valence-corrected chi connectivity index (χ3v) is 6.04. The van der Waals surface area contributed by atoms with E-state index in [9.17, 15) is 4.79 Å². The van der Waals surface area contributed by atoms with Gasteiger partial charge >= 0.3 is 0 Å². The highest BCUT2D eigenvalue weighted by Gasteiger charge is 2.64. The van der Waals surface area contributed by atoms with E-state index in [1.54, 1.807) is 0 Å². The van der Waals surface area contributed by atoms with Crippen molar-refractivity contribution in [2.24, 2.45) is 29.1 Å². The molecule has 16 heavy (non-hydrogen) atoms. The van der Waals surface area contributed by atoms with E-state index in [0.717, 1.165) is 36.8 Å². The van der Waals surface area contributed by atoms with E-state index in [1.807, 2.05) is 0 Å². The first kappa shape index (κ1) is 9.49. The van der Waals surface area contributed by atoms with Gasteiger partial charge < -0.3 is 4.90 Å². The molecule has 88 valence electrons. The monoisotopic (exact) mass is 219 g/mol. The van der Waals surface area contributed by atoms with Gasteiger partial charge in [-0.3, -0.25) is 4.79 Å². The van der Waals surface area contributed by atoms with Crippen molar-refractivity contribution in [2.45, 2.75) is 39.0 Å². The van der Waals surface area contributed by atoms with Gasteiger partial charge in [0.25, 0.3) is 0 Å². The molecule has 5 rings (SSSR count). The standard InChI is InChI=1S/C14H21NO/c1-2-15-8-12-11-4-9-3-10(5-11)7-14(12,6-9)13(15)16/h9-12H,2-8H2,1H3. The molecule has 4 aliphatic carbocycles. The first-order chi connectivity index (χ1) is 7.73. The summed E-state index contributed by atoms with van der Waals surface area (Å²) in [4.78, 5) is 14.7. The molecule has 3 atom stereocenters. The zero-order chi connectivity index (χ0) is 10.9. The number of hydrogen-bond acceptors (Lipinski definition) is 1. The Balaban J connectivity index is 1.78. The lowest BCUT2D eigenvalue weighted by atomic mass is 9.46. The average Bonchev–Trinajstić information content (AvgIpc) is 2.52. The Labute approximate surface area is 97.4 Å². The molecule has 0 aromatic rings. The molecule has 2 heteroatoms. The van der Waals surface area contributed by atoms with Crippen LogP contribution >= 0.6 is 0 Å². The molecule has 5 aliphatic rings. The molecule has 0 radical (unpaired) electrons. The Morgan fingerprint density at radius 2 is 1.94 bits per heavy atom. The van der Waals surface area contributed by atoms with E-state index < -0.39 is 0 Å². The molecule has 4 bridgehead atoms. The Hall–Kier alpha value is -0.530. The lowest BCUT2D eigenvalue weighted by Gasteiger charge is -2.57. The SMILES string of the molecule is CCN1CC2C3CC4CC(C3)CC2(C4)C1=O. The second-order valence-corrected chi connectivity index (χ2v) is 6.71. The molecular formula is C14H21NO. The zero-order valence-corrected chi connectivity index (χ0v) is 10.1. The lowest BCUT2D eigenvalue weighted by molar-refractivity contribution is -0.151. The van der Waals surface area contributed by atoms with Crippen LogP contribution in [0.4, 0.5) is 0 Å². The minimum Gasteiger partial charge on any atom is -0.342 e. The van der Waals surface area contributed by atoms with Gasteiger partial charge in [-0.25, -0.2) is 0 Å². The van der Waals surface area contributed by atoms with Crippen LogP contribution in [0.1, 0.15) is 39.0 Å². The van der Waals surface area contributed by atoms with Crippen LogP contribution in [0.15, 0.2) is 0 Å². The van der Waals surface area contributed by atoms with E-state index in [1.165, 1.54) is 32.1 Å². The highest BCUT2D eigenvalue weighted by atomic mass is 16.2. The van der Waals surface area contributed by atoms with Gasteiger partial charge in [0.2, 0.25) is 5.91 Å². The Kier molecular flexibility index (Phi) is 1.68. The van der Waals surface area contributed by atoms with Crippen molar-refractivity contribution in [3.63, 3.8) is 0 Å². The van der Waals surface area contributed by atoms with Crippen LogP contribution in [0, 0.1) is 29.1 Å². The molecule has 2 nitrogen and oxygen atoms in total. The largest absolute Gasteiger partial charge is 0.342 e. The van der Waals surface area contributed by atoms with Crippen molar-refractivity contribution < 1.29 is 4.79 Å². The highest BCUT2D eigenvalue weighted by Crippen LogP contribution is 2.65. The number of carbonyl (C=O) groups is 1. The first-order valence-corrected chi connectivity index (χ1v) is 7.02. The van der Waals surface area contributed by atoms with E-state index in [2.05, 4.69) is 11.8 Å². The van der Waals surface area contributed by atoms with Gasteiger partial charge in [0.1, 0.15) is 0 Å². The summed E-state index contributed by atoms with van der Waals surface area (Å²) in [6.45, 7) is 4.15. The van der Waals surface area contributed by atoms with Gasteiger partial charge in [0.05, 0.1) is 5.41 Å². The number of rotatable bonds is 1. The maximum atomic E-state index is 12.6. The molecule has 4 saturated carbocycles. The Morgan fingerprint density at radius 1 is 1.25 bits per heavy atom. The molecule has 1 spiro atoms. The van der Waals surface area contributed by atoms with E-state index in [0.29, 0.717) is 5.91 Å². The zero-order valence-electron chi connectivity index (χ0n) is 10.1. The second-order valence-electron chi connectivity index (χ2n) is 6.71. The van der Waals surface area contributed by atoms with Crippen molar-refractivity contribution in [1.82, 2.24) is 4.90 Å². The number of likely N-dealkylation sites (tertiary alicyclic amines) is 1. The van der Waals surface area contributed by atoms with Crippen LogP contribution in [0.2, 0.25) is 0 Å². The number of hydrogen-bond donors (Lipinski definition) is 0. The first-order valence-electron chi connectivity index (χ1n) is 7.02. The minimum atomic E-state index is 0.130. The Bertz CT molecular complexity index is 337. The molecule has 5 fully saturated rings. The van der Waals surface area contributed by atoms with Crippen molar-refractivity contribution in [1.29, 1.82) is 0 Å². The highest BCUT2D eigenvalue weighted by molar-refractivity contribution is 5.86. The Morgan fingerprint density at radius 3 is 2.56 bits per heavy atom. The van der Waals surface area contributed by atoms with Crippen LogP contribution in [0.5, 0.6) is 0 Å². The van der Waals surface area contributed by atoms with Crippen LogP contribution in [0.25, 0.3) is 0 Å². The van der Waals surface area contributed by atoms with Crippen molar-refractivity contribution in [3.8, 4) is 0 Å². The molecule has 1 amide bonds. The fourth-order valence-corrected chi connectivity index (χ4v) is 5.71. The molecule has 0 aromatic carbocycles. The molecule has 3 unspecified atom stereocenters. The van der Waals surface area contributed by atoms with E-state index in [4.69, 9.17) is 0 Å². The third kappa shape index (κ3) is 0.930. The maximum absolute atomic E-state index is 12.6.